The van der Waals surface area contributed by atoms with Gasteiger partial charge in [-0.2, -0.15) is 0 Å². The molecule has 2 heterocycles. The zero-order chi connectivity index (χ0) is 22.0. The van der Waals surface area contributed by atoms with E-state index in [4.69, 9.17) is 0 Å². The van der Waals surface area contributed by atoms with Crippen molar-refractivity contribution < 1.29 is 19.1 Å². The largest absolute Gasteiger partial charge is 0.501 e. The molecule has 1 amide bonds. The molecule has 3 rings (SSSR count). The molecule has 1 aliphatic heterocycles. The second kappa shape index (κ2) is 8.74. The lowest BCUT2D eigenvalue weighted by molar-refractivity contribution is -0.131. The molecule has 0 saturated carbocycles. The van der Waals surface area contributed by atoms with Gasteiger partial charge in [-0.05, 0) is 31.2 Å². The van der Waals surface area contributed by atoms with Crippen molar-refractivity contribution in [3.8, 4) is 5.75 Å². The Labute approximate surface area is 173 Å². The van der Waals surface area contributed by atoms with Crippen molar-refractivity contribution in [2.24, 2.45) is 7.05 Å². The third-order valence-corrected chi connectivity index (χ3v) is 5.51. The van der Waals surface area contributed by atoms with Crippen LogP contribution in [0.5, 0.6) is 5.75 Å². The number of likely N-dealkylation sites (N-methyl/N-ethyl adjacent to an activating group) is 1. The van der Waals surface area contributed by atoms with Crippen LogP contribution in [0.4, 0.5) is 4.39 Å². The SMILES string of the molecule is CC(=O)N1CCN(C)C(c2nc(C(=O)CCc3ccc(F)cc3)c(O)c(=O)n2C)C1. The molecular formula is C21H25FN4O4. The van der Waals surface area contributed by atoms with Crippen LogP contribution < -0.4 is 5.56 Å². The first-order chi connectivity index (χ1) is 14.2. The minimum absolute atomic E-state index is 0.0128. The summed E-state index contributed by atoms with van der Waals surface area (Å²) in [5.41, 5.74) is -0.223. The van der Waals surface area contributed by atoms with Crippen molar-refractivity contribution in [1.82, 2.24) is 19.4 Å². The van der Waals surface area contributed by atoms with E-state index >= 15 is 0 Å². The van der Waals surface area contributed by atoms with Gasteiger partial charge in [0.15, 0.2) is 11.5 Å². The third-order valence-electron chi connectivity index (χ3n) is 5.51. The average molecular weight is 416 g/mol. The van der Waals surface area contributed by atoms with Gasteiger partial charge < -0.3 is 10.0 Å². The number of ketones is 1. The summed E-state index contributed by atoms with van der Waals surface area (Å²) < 4.78 is 14.3. The Hall–Kier alpha value is -3.07. The molecule has 9 heteroatoms. The predicted octanol–water partition coefficient (Wildman–Crippen LogP) is 1.28. The average Bonchev–Trinajstić information content (AvgIpc) is 2.72. The van der Waals surface area contributed by atoms with E-state index in [9.17, 15) is 23.9 Å². The minimum atomic E-state index is -0.710. The minimum Gasteiger partial charge on any atom is -0.501 e. The molecule has 1 fully saturated rings. The Kier molecular flexibility index (Phi) is 6.31. The molecule has 1 aromatic heterocycles. The fourth-order valence-corrected chi connectivity index (χ4v) is 3.56. The Morgan fingerprint density at radius 3 is 2.50 bits per heavy atom. The standard InChI is InChI=1S/C21H25FN4O4/c1-13(27)26-11-10-24(2)16(12-26)20-23-18(19(29)21(30)25(20)3)17(28)9-6-14-4-7-15(22)8-5-14/h4-5,7-8,16,29H,6,9-12H2,1-3H3. The van der Waals surface area contributed by atoms with Gasteiger partial charge in [0.1, 0.15) is 11.6 Å². The van der Waals surface area contributed by atoms with E-state index in [0.29, 0.717) is 31.9 Å². The number of carbonyl (C=O) groups excluding carboxylic acids is 2. The number of amides is 1. The second-order valence-corrected chi connectivity index (χ2v) is 7.54. The van der Waals surface area contributed by atoms with Crippen LogP contribution in [0.25, 0.3) is 0 Å². The fourth-order valence-electron chi connectivity index (χ4n) is 3.56. The second-order valence-electron chi connectivity index (χ2n) is 7.54. The lowest BCUT2D eigenvalue weighted by Crippen LogP contribution is -2.49. The number of benzene rings is 1. The highest BCUT2D eigenvalue weighted by molar-refractivity contribution is 5.96. The van der Waals surface area contributed by atoms with Crippen LogP contribution in [0, 0.1) is 5.82 Å². The lowest BCUT2D eigenvalue weighted by Gasteiger charge is -2.39. The molecule has 1 N–H and O–H groups in total. The number of Topliss-reactive ketones (excluding diaryl/α,β-unsaturated/α-hetero) is 1. The summed E-state index contributed by atoms with van der Waals surface area (Å²) in [6.45, 7) is 2.98. The van der Waals surface area contributed by atoms with Crippen LogP contribution in [0.1, 0.15) is 41.3 Å². The van der Waals surface area contributed by atoms with Gasteiger partial charge in [0.2, 0.25) is 11.7 Å². The van der Waals surface area contributed by atoms with E-state index in [0.717, 1.165) is 5.56 Å². The number of piperazine rings is 1. The van der Waals surface area contributed by atoms with Gasteiger partial charge >= 0.3 is 0 Å². The summed E-state index contributed by atoms with van der Waals surface area (Å²) in [6, 6.07) is 5.40. The highest BCUT2D eigenvalue weighted by Crippen LogP contribution is 2.24. The molecular weight excluding hydrogens is 391 g/mol. The number of hydrogen-bond acceptors (Lipinski definition) is 6. The first kappa shape index (κ1) is 21.6. The van der Waals surface area contributed by atoms with E-state index in [1.54, 1.807) is 17.0 Å². The lowest BCUT2D eigenvalue weighted by atomic mass is 10.0. The van der Waals surface area contributed by atoms with E-state index in [1.807, 2.05) is 11.9 Å². The van der Waals surface area contributed by atoms with Crippen LogP contribution in [-0.2, 0) is 18.3 Å². The summed E-state index contributed by atoms with van der Waals surface area (Å²) >= 11 is 0. The normalized spacial score (nSPS) is 17.2. The molecule has 0 bridgehead atoms. The first-order valence-electron chi connectivity index (χ1n) is 9.72. The number of aryl methyl sites for hydroxylation is 1. The molecule has 1 atom stereocenters. The number of carbonyl (C=O) groups is 2. The van der Waals surface area contributed by atoms with Gasteiger partial charge in [0, 0.05) is 40.0 Å². The van der Waals surface area contributed by atoms with Crippen LogP contribution in [0.2, 0.25) is 0 Å². The Morgan fingerprint density at radius 1 is 1.20 bits per heavy atom. The topological polar surface area (TPSA) is 95.7 Å². The van der Waals surface area contributed by atoms with Crippen molar-refractivity contribution in [2.75, 3.05) is 26.7 Å². The summed E-state index contributed by atoms with van der Waals surface area (Å²) in [4.78, 5) is 45.1. The van der Waals surface area contributed by atoms with Gasteiger partial charge in [-0.3, -0.25) is 23.9 Å². The summed E-state index contributed by atoms with van der Waals surface area (Å²) in [5, 5.41) is 10.3. The van der Waals surface area contributed by atoms with E-state index in [1.165, 1.54) is 30.7 Å². The quantitative estimate of drug-likeness (QED) is 0.738. The number of aromatic nitrogens is 2. The maximum absolute atomic E-state index is 13.0. The van der Waals surface area contributed by atoms with E-state index in [-0.39, 0.29) is 29.9 Å². The van der Waals surface area contributed by atoms with Crippen LogP contribution in [-0.4, -0.2) is 62.8 Å². The smallest absolute Gasteiger partial charge is 0.296 e. The van der Waals surface area contributed by atoms with Crippen molar-refractivity contribution in [2.45, 2.75) is 25.8 Å². The molecule has 1 unspecified atom stereocenters. The number of rotatable bonds is 5. The van der Waals surface area contributed by atoms with Gasteiger partial charge in [-0.25, -0.2) is 9.37 Å². The summed E-state index contributed by atoms with van der Waals surface area (Å²) in [6.07, 6.45) is 0.338. The van der Waals surface area contributed by atoms with Crippen LogP contribution in [0.3, 0.4) is 0 Å². The summed E-state index contributed by atoms with van der Waals surface area (Å²) in [5.74, 6) is -1.29. The monoisotopic (exact) mass is 416 g/mol. The molecule has 8 nitrogen and oxygen atoms in total. The molecule has 1 aromatic carbocycles. The third kappa shape index (κ3) is 4.40. The van der Waals surface area contributed by atoms with Crippen LogP contribution >= 0.6 is 0 Å². The van der Waals surface area contributed by atoms with Gasteiger partial charge in [0.25, 0.3) is 5.56 Å². The number of aromatic hydroxyl groups is 1. The molecule has 0 radical (unpaired) electrons. The molecule has 1 saturated heterocycles. The van der Waals surface area contributed by atoms with Crippen molar-refractivity contribution >= 4 is 11.7 Å². The van der Waals surface area contributed by atoms with Crippen molar-refractivity contribution in [3.05, 3.63) is 57.5 Å². The van der Waals surface area contributed by atoms with Gasteiger partial charge in [-0.15, -0.1) is 0 Å². The van der Waals surface area contributed by atoms with Crippen molar-refractivity contribution in [3.63, 3.8) is 0 Å². The molecule has 30 heavy (non-hydrogen) atoms. The maximum Gasteiger partial charge on any atom is 0.296 e. The zero-order valence-electron chi connectivity index (χ0n) is 17.3. The zero-order valence-corrected chi connectivity index (χ0v) is 17.3. The Morgan fingerprint density at radius 2 is 1.87 bits per heavy atom. The van der Waals surface area contributed by atoms with Crippen LogP contribution in [0.15, 0.2) is 29.1 Å². The fraction of sp³-hybridized carbons (Fsp3) is 0.429. The van der Waals surface area contributed by atoms with E-state index < -0.39 is 17.1 Å². The molecule has 1 aliphatic rings. The number of halogens is 1. The Balaban J connectivity index is 1.89. The predicted molar refractivity (Wildman–Crippen MR) is 108 cm³/mol. The van der Waals surface area contributed by atoms with Gasteiger partial charge in [0.05, 0.1) is 6.04 Å². The Bertz CT molecular complexity index is 1020. The first-order valence-corrected chi connectivity index (χ1v) is 9.72. The number of hydrogen-bond donors (Lipinski definition) is 1. The molecule has 0 spiro atoms. The molecule has 160 valence electrons. The van der Waals surface area contributed by atoms with Gasteiger partial charge in [-0.1, -0.05) is 12.1 Å². The van der Waals surface area contributed by atoms with Crippen molar-refractivity contribution in [1.29, 1.82) is 0 Å². The highest BCUT2D eigenvalue weighted by Gasteiger charge is 2.32. The molecule has 0 aliphatic carbocycles. The van der Waals surface area contributed by atoms with E-state index in [2.05, 4.69) is 4.98 Å². The molecule has 2 aromatic rings. The highest BCUT2D eigenvalue weighted by atomic mass is 19.1. The maximum atomic E-state index is 13.0. The number of nitrogens with zero attached hydrogens (tertiary/aromatic N) is 4. The summed E-state index contributed by atoms with van der Waals surface area (Å²) in [7, 11) is 3.34.